The molecule has 0 bridgehead atoms. The number of hydrogen-bond donors (Lipinski definition) is 9. The standard InChI is InChI=1S/C27H53N9O7/c1-16(28)22(38)33-20(13-11-14-31-27(29-4)30-5)24(40)35-21(18(3)37)25(41)34-19(12-9-10-15-36(6,7)8)23(39)32-17(2)26(42)43/h16-21,37H,9-15,28H2,1-8H3,(H6-,29,30,31,32,33,34,35,38,39,40,41,42,43)/p+1/t16-,17-,18+,19-,20-,21-/m0/s1. The molecule has 10 N–H and O–H groups in total. The molecule has 16 heteroatoms. The van der Waals surface area contributed by atoms with Gasteiger partial charge in [0.15, 0.2) is 5.96 Å². The lowest BCUT2D eigenvalue weighted by molar-refractivity contribution is -0.870. The summed E-state index contributed by atoms with van der Waals surface area (Å²) >= 11 is 0. The Hall–Kier alpha value is -3.50. The summed E-state index contributed by atoms with van der Waals surface area (Å²) in [6, 6.07) is -5.74. The summed E-state index contributed by atoms with van der Waals surface area (Å²) in [7, 11) is 9.37. The summed E-state index contributed by atoms with van der Waals surface area (Å²) in [6.07, 6.45) is 0.745. The molecule has 0 aliphatic rings. The lowest BCUT2D eigenvalue weighted by atomic mass is 10.0. The fourth-order valence-electron chi connectivity index (χ4n) is 3.86. The number of nitrogens with one attached hydrogen (secondary N) is 6. The Balaban J connectivity index is 5.71. The van der Waals surface area contributed by atoms with Gasteiger partial charge in [0.25, 0.3) is 0 Å². The van der Waals surface area contributed by atoms with Gasteiger partial charge in [-0.2, -0.15) is 0 Å². The molecule has 16 nitrogen and oxygen atoms in total. The number of quaternary nitrogens is 1. The number of carboxylic acid groups (broad SMARTS) is 1. The number of aliphatic imine (C=N–C) groups is 1. The first-order valence-corrected chi connectivity index (χ1v) is 14.5. The number of aliphatic carboxylic acids is 1. The monoisotopic (exact) mass is 616 g/mol. The van der Waals surface area contributed by atoms with Gasteiger partial charge in [-0.1, -0.05) is 0 Å². The molecule has 0 spiro atoms. The van der Waals surface area contributed by atoms with Crippen LogP contribution in [0.25, 0.3) is 0 Å². The predicted molar refractivity (Wildman–Crippen MR) is 163 cm³/mol. The average molecular weight is 617 g/mol. The van der Waals surface area contributed by atoms with Crippen LogP contribution in [0.3, 0.4) is 0 Å². The molecule has 0 unspecified atom stereocenters. The quantitative estimate of drug-likeness (QED) is 0.0313. The zero-order valence-electron chi connectivity index (χ0n) is 26.8. The third-order valence-corrected chi connectivity index (χ3v) is 6.47. The van der Waals surface area contributed by atoms with Crippen LogP contribution in [0.5, 0.6) is 0 Å². The SMILES string of the molecule is CN=C(NC)NCCC[C@H](NC(=O)[C@H](C)N)C(=O)N[C@H](C(=O)N[C@@H](CCCC[N+](C)(C)C)C(=O)N[C@@H](C)C(=O)O)[C@@H](C)O. The number of aliphatic hydroxyl groups excluding tert-OH is 1. The summed E-state index contributed by atoms with van der Waals surface area (Å²) in [4.78, 5) is 67.0. The van der Waals surface area contributed by atoms with Gasteiger partial charge in [0.1, 0.15) is 24.2 Å². The molecular formula is C27H54N9O7+. The van der Waals surface area contributed by atoms with E-state index in [-0.39, 0.29) is 12.8 Å². The Labute approximate surface area is 254 Å². The van der Waals surface area contributed by atoms with Crippen LogP contribution in [-0.4, -0.2) is 135 Å². The summed E-state index contributed by atoms with van der Waals surface area (Å²) in [5.41, 5.74) is 5.66. The number of hydrogen-bond acceptors (Lipinski definition) is 8. The van der Waals surface area contributed by atoms with Gasteiger partial charge in [-0.05, 0) is 52.9 Å². The lowest BCUT2D eigenvalue weighted by Gasteiger charge is -2.28. The lowest BCUT2D eigenvalue weighted by Crippen LogP contribution is -2.60. The molecule has 0 aliphatic heterocycles. The van der Waals surface area contributed by atoms with Crippen molar-refractivity contribution in [2.24, 2.45) is 10.7 Å². The highest BCUT2D eigenvalue weighted by atomic mass is 16.4. The Bertz CT molecular complexity index is 952. The van der Waals surface area contributed by atoms with E-state index in [1.165, 1.54) is 20.8 Å². The number of carboxylic acids is 1. The summed E-state index contributed by atoms with van der Waals surface area (Å²) < 4.78 is 0.703. The van der Waals surface area contributed by atoms with Crippen molar-refractivity contribution in [3.63, 3.8) is 0 Å². The van der Waals surface area contributed by atoms with E-state index in [4.69, 9.17) is 5.73 Å². The van der Waals surface area contributed by atoms with Crippen molar-refractivity contribution in [3.8, 4) is 0 Å². The topological polar surface area (TPSA) is 236 Å². The number of aliphatic hydroxyl groups is 1. The number of guanidine groups is 1. The number of nitrogens with two attached hydrogens (primary N) is 1. The Morgan fingerprint density at radius 1 is 0.814 bits per heavy atom. The highest BCUT2D eigenvalue weighted by molar-refractivity contribution is 5.95. The van der Waals surface area contributed by atoms with E-state index in [0.29, 0.717) is 29.8 Å². The van der Waals surface area contributed by atoms with Crippen LogP contribution in [-0.2, 0) is 24.0 Å². The highest BCUT2D eigenvalue weighted by Gasteiger charge is 2.33. The van der Waals surface area contributed by atoms with Gasteiger partial charge in [-0.3, -0.25) is 29.0 Å². The van der Waals surface area contributed by atoms with Crippen molar-refractivity contribution < 1.29 is 38.7 Å². The first-order valence-electron chi connectivity index (χ1n) is 14.5. The summed E-state index contributed by atoms with van der Waals surface area (Å²) in [5.74, 6) is -3.53. The van der Waals surface area contributed by atoms with Crippen molar-refractivity contribution in [3.05, 3.63) is 0 Å². The molecule has 0 aliphatic carbocycles. The minimum atomic E-state index is -1.47. The molecular weight excluding hydrogens is 562 g/mol. The number of amides is 4. The third kappa shape index (κ3) is 16.7. The first-order chi connectivity index (χ1) is 19.9. The van der Waals surface area contributed by atoms with Crippen LogP contribution < -0.4 is 37.6 Å². The zero-order valence-corrected chi connectivity index (χ0v) is 26.8. The highest BCUT2D eigenvalue weighted by Crippen LogP contribution is 2.07. The number of rotatable bonds is 19. The molecule has 0 aromatic heterocycles. The van der Waals surface area contributed by atoms with Crippen molar-refractivity contribution in [1.82, 2.24) is 31.9 Å². The second-order valence-electron chi connectivity index (χ2n) is 11.6. The molecule has 0 saturated carbocycles. The van der Waals surface area contributed by atoms with Gasteiger partial charge in [-0.15, -0.1) is 0 Å². The van der Waals surface area contributed by atoms with Gasteiger partial charge >= 0.3 is 5.97 Å². The van der Waals surface area contributed by atoms with E-state index in [1.807, 2.05) is 21.1 Å². The molecule has 6 atom stereocenters. The normalized spacial score (nSPS) is 16.0. The van der Waals surface area contributed by atoms with Gasteiger partial charge in [0.05, 0.1) is 39.8 Å². The first kappa shape index (κ1) is 39.5. The fraction of sp³-hybridized carbons (Fsp3) is 0.778. The van der Waals surface area contributed by atoms with E-state index in [9.17, 15) is 34.2 Å². The molecule has 4 amide bonds. The van der Waals surface area contributed by atoms with Crippen LogP contribution in [0, 0.1) is 0 Å². The molecule has 0 aromatic rings. The molecule has 248 valence electrons. The maximum Gasteiger partial charge on any atom is 0.325 e. The predicted octanol–water partition coefficient (Wildman–Crippen LogP) is -2.79. The number of nitrogens with zero attached hydrogens (tertiary/aromatic N) is 2. The second-order valence-corrected chi connectivity index (χ2v) is 11.6. The van der Waals surface area contributed by atoms with Crippen molar-refractivity contribution in [2.75, 3.05) is 48.3 Å². The summed E-state index contributed by atoms with van der Waals surface area (Å²) in [6.45, 7) is 5.30. The van der Waals surface area contributed by atoms with Gasteiger partial charge in [0.2, 0.25) is 23.6 Å². The van der Waals surface area contributed by atoms with Crippen LogP contribution >= 0.6 is 0 Å². The van der Waals surface area contributed by atoms with E-state index >= 15 is 0 Å². The Morgan fingerprint density at radius 3 is 1.81 bits per heavy atom. The maximum atomic E-state index is 13.3. The van der Waals surface area contributed by atoms with Crippen LogP contribution in [0.15, 0.2) is 4.99 Å². The molecule has 0 heterocycles. The minimum absolute atomic E-state index is 0.177. The molecule has 43 heavy (non-hydrogen) atoms. The number of unbranched alkanes of at least 4 members (excludes halogenated alkanes) is 1. The smallest absolute Gasteiger partial charge is 0.325 e. The maximum absolute atomic E-state index is 13.3. The average Bonchev–Trinajstić information content (AvgIpc) is 2.91. The van der Waals surface area contributed by atoms with Crippen molar-refractivity contribution in [1.29, 1.82) is 0 Å². The fourth-order valence-corrected chi connectivity index (χ4v) is 3.86. The van der Waals surface area contributed by atoms with E-state index in [0.717, 1.165) is 13.0 Å². The zero-order chi connectivity index (χ0) is 33.3. The van der Waals surface area contributed by atoms with Gasteiger partial charge in [-0.25, -0.2) is 0 Å². The van der Waals surface area contributed by atoms with Gasteiger partial charge in [0, 0.05) is 20.6 Å². The molecule has 0 saturated heterocycles. The molecule has 0 fully saturated rings. The van der Waals surface area contributed by atoms with Crippen LogP contribution in [0.2, 0.25) is 0 Å². The van der Waals surface area contributed by atoms with Crippen molar-refractivity contribution >= 4 is 35.6 Å². The van der Waals surface area contributed by atoms with E-state index < -0.39 is 65.9 Å². The Morgan fingerprint density at radius 2 is 1.35 bits per heavy atom. The number of carbonyl (C=O) groups excluding carboxylic acids is 4. The largest absolute Gasteiger partial charge is 0.480 e. The van der Waals surface area contributed by atoms with E-state index in [1.54, 1.807) is 14.1 Å². The van der Waals surface area contributed by atoms with Crippen LogP contribution in [0.1, 0.15) is 52.9 Å². The Kier molecular flexibility index (Phi) is 18.0. The second kappa shape index (κ2) is 19.6. The summed E-state index contributed by atoms with van der Waals surface area (Å²) in [5, 5.41) is 35.5. The van der Waals surface area contributed by atoms with Crippen molar-refractivity contribution in [2.45, 2.75) is 89.2 Å². The molecule has 0 aromatic carbocycles. The number of carbonyl (C=O) groups is 5. The molecule has 0 rings (SSSR count). The van der Waals surface area contributed by atoms with Crippen LogP contribution in [0.4, 0.5) is 0 Å². The minimum Gasteiger partial charge on any atom is -0.480 e. The van der Waals surface area contributed by atoms with E-state index in [2.05, 4.69) is 36.9 Å². The van der Waals surface area contributed by atoms with Gasteiger partial charge < -0.3 is 52.3 Å². The molecule has 0 radical (unpaired) electrons. The third-order valence-electron chi connectivity index (χ3n) is 6.47.